The van der Waals surface area contributed by atoms with Gasteiger partial charge in [0.05, 0.1) is 12.0 Å². The van der Waals surface area contributed by atoms with E-state index in [0.717, 1.165) is 29.7 Å². The van der Waals surface area contributed by atoms with Gasteiger partial charge in [0, 0.05) is 19.5 Å². The molecule has 1 aliphatic heterocycles. The molecule has 0 radical (unpaired) electrons. The minimum atomic E-state index is -0.184. The minimum Gasteiger partial charge on any atom is -0.340 e. The number of nitriles is 1. The Balaban J connectivity index is 1.44. The van der Waals surface area contributed by atoms with Crippen molar-refractivity contribution in [2.24, 2.45) is 40.9 Å². The predicted octanol–water partition coefficient (Wildman–Crippen LogP) is 4.43. The summed E-state index contributed by atoms with van der Waals surface area (Å²) in [5.74, 6) is 3.62. The van der Waals surface area contributed by atoms with E-state index in [2.05, 4.69) is 13.0 Å². The molecule has 148 valence electrons. The second-order valence-electron chi connectivity index (χ2n) is 10.1. The molecule has 1 aromatic carbocycles. The number of benzene rings is 1. The van der Waals surface area contributed by atoms with Crippen LogP contribution in [0.3, 0.4) is 0 Å². The lowest BCUT2D eigenvalue weighted by Crippen LogP contribution is -2.59. The number of hydrogen-bond acceptors (Lipinski definition) is 2. The summed E-state index contributed by atoms with van der Waals surface area (Å²) in [6.07, 6.45) is 6.32. The number of amides is 1. The van der Waals surface area contributed by atoms with E-state index in [4.69, 9.17) is 5.26 Å². The largest absolute Gasteiger partial charge is 0.340 e. The molecule has 6 rings (SSSR count). The van der Waals surface area contributed by atoms with Crippen molar-refractivity contribution in [3.05, 3.63) is 35.6 Å². The molecule has 0 N–H and O–H groups in total. The smallest absolute Gasteiger partial charge is 0.223 e. The highest BCUT2D eigenvalue weighted by atomic mass is 19.1. The molecule has 1 aromatic rings. The van der Waals surface area contributed by atoms with Crippen LogP contribution in [0.25, 0.3) is 0 Å². The molecule has 4 heteroatoms. The normalized spacial score (nSPS) is 38.9. The maximum atomic E-state index is 13.9. The van der Waals surface area contributed by atoms with Crippen molar-refractivity contribution >= 4 is 5.91 Å². The van der Waals surface area contributed by atoms with E-state index in [-0.39, 0.29) is 23.1 Å². The highest BCUT2D eigenvalue weighted by Gasteiger charge is 2.59. The predicted molar refractivity (Wildman–Crippen MR) is 104 cm³/mol. The van der Waals surface area contributed by atoms with Crippen LogP contribution in [0.1, 0.15) is 44.6 Å². The summed E-state index contributed by atoms with van der Waals surface area (Å²) in [5, 5.41) is 9.05. The van der Waals surface area contributed by atoms with E-state index in [0.29, 0.717) is 31.3 Å². The SMILES string of the molecule is CC1C2CC3CC1CC(C2)C3(CC(=O)N1CC(C#N)C1)Cc1cccc(F)c1. The summed E-state index contributed by atoms with van der Waals surface area (Å²) in [6.45, 7) is 3.60. The zero-order chi connectivity index (χ0) is 19.5. The summed E-state index contributed by atoms with van der Waals surface area (Å²) >= 11 is 0. The molecular weight excluding hydrogens is 351 g/mol. The van der Waals surface area contributed by atoms with Gasteiger partial charge in [-0.25, -0.2) is 4.39 Å². The van der Waals surface area contributed by atoms with Gasteiger partial charge in [0.1, 0.15) is 5.82 Å². The summed E-state index contributed by atoms with van der Waals surface area (Å²) in [4.78, 5) is 15.0. The third-order valence-corrected chi connectivity index (χ3v) is 8.78. The van der Waals surface area contributed by atoms with E-state index in [9.17, 15) is 9.18 Å². The van der Waals surface area contributed by atoms with Crippen LogP contribution in [0.15, 0.2) is 24.3 Å². The third-order valence-electron chi connectivity index (χ3n) is 8.78. The number of likely N-dealkylation sites (tertiary alicyclic amines) is 1. The Hall–Kier alpha value is -1.89. The number of carbonyl (C=O) groups is 1. The van der Waals surface area contributed by atoms with Crippen LogP contribution in [0.2, 0.25) is 0 Å². The number of carbonyl (C=O) groups excluding carboxylic acids is 1. The number of hydrogen-bond donors (Lipinski definition) is 0. The summed E-state index contributed by atoms with van der Waals surface area (Å²) in [5.41, 5.74) is 1.00. The first kappa shape index (κ1) is 18.2. The van der Waals surface area contributed by atoms with E-state index in [1.165, 1.54) is 31.7 Å². The molecule has 4 aliphatic carbocycles. The molecule has 1 amide bonds. The quantitative estimate of drug-likeness (QED) is 0.776. The van der Waals surface area contributed by atoms with Crippen LogP contribution in [0, 0.1) is 58.1 Å². The first-order valence-corrected chi connectivity index (χ1v) is 10.9. The maximum Gasteiger partial charge on any atom is 0.223 e. The van der Waals surface area contributed by atoms with Gasteiger partial charge >= 0.3 is 0 Å². The molecule has 4 bridgehead atoms. The molecule has 0 unspecified atom stereocenters. The maximum absolute atomic E-state index is 13.9. The molecule has 0 atom stereocenters. The Bertz CT molecular complexity index is 792. The molecule has 4 saturated carbocycles. The Labute approximate surface area is 166 Å². The van der Waals surface area contributed by atoms with Crippen molar-refractivity contribution in [1.29, 1.82) is 5.26 Å². The second kappa shape index (κ2) is 6.58. The molecule has 1 saturated heterocycles. The van der Waals surface area contributed by atoms with Crippen LogP contribution in [-0.2, 0) is 11.2 Å². The first-order chi connectivity index (χ1) is 13.5. The van der Waals surface area contributed by atoms with Gasteiger partial charge < -0.3 is 4.90 Å². The van der Waals surface area contributed by atoms with Crippen molar-refractivity contribution in [2.75, 3.05) is 13.1 Å². The van der Waals surface area contributed by atoms with Gasteiger partial charge in [-0.2, -0.15) is 5.26 Å². The number of rotatable bonds is 4. The summed E-state index contributed by atoms with van der Waals surface area (Å²) in [6, 6.07) is 9.25. The van der Waals surface area contributed by atoms with Crippen molar-refractivity contribution in [3.8, 4) is 6.07 Å². The zero-order valence-corrected chi connectivity index (χ0v) is 16.6. The van der Waals surface area contributed by atoms with Crippen molar-refractivity contribution < 1.29 is 9.18 Å². The Kier molecular flexibility index (Phi) is 4.27. The first-order valence-electron chi connectivity index (χ1n) is 10.9. The molecule has 28 heavy (non-hydrogen) atoms. The highest BCUT2D eigenvalue weighted by Crippen LogP contribution is 2.66. The van der Waals surface area contributed by atoms with E-state index < -0.39 is 0 Å². The van der Waals surface area contributed by atoms with Crippen LogP contribution in [0.4, 0.5) is 4.39 Å². The fourth-order valence-electron chi connectivity index (χ4n) is 7.19. The van der Waals surface area contributed by atoms with Gasteiger partial charge in [0.25, 0.3) is 0 Å². The molecule has 0 spiro atoms. The standard InChI is InChI=1S/C24H29FN2O/c1-15-18-6-20-8-19(15)9-21(7-18)24(20,10-16-3-2-4-22(25)5-16)11-23(28)27-13-17(12-26)14-27/h2-5,15,17-21H,6-11,13-14H2,1H3. The Morgan fingerprint density at radius 2 is 1.86 bits per heavy atom. The lowest BCUT2D eigenvalue weighted by Gasteiger charge is -2.64. The van der Waals surface area contributed by atoms with Crippen LogP contribution in [0.5, 0.6) is 0 Å². The molecule has 3 nitrogen and oxygen atoms in total. The van der Waals surface area contributed by atoms with Gasteiger partial charge in [-0.3, -0.25) is 4.79 Å². The molecule has 5 aliphatic rings. The molecule has 5 fully saturated rings. The molecule has 0 aromatic heterocycles. The second-order valence-corrected chi connectivity index (χ2v) is 10.1. The van der Waals surface area contributed by atoms with Gasteiger partial charge in [-0.1, -0.05) is 19.1 Å². The monoisotopic (exact) mass is 380 g/mol. The summed E-state index contributed by atoms with van der Waals surface area (Å²) < 4.78 is 13.9. The van der Waals surface area contributed by atoms with Gasteiger partial charge in [0.15, 0.2) is 0 Å². The Morgan fingerprint density at radius 1 is 1.21 bits per heavy atom. The number of halogens is 1. The van der Waals surface area contributed by atoms with Gasteiger partial charge in [0.2, 0.25) is 5.91 Å². The van der Waals surface area contributed by atoms with E-state index in [1.807, 2.05) is 11.0 Å². The van der Waals surface area contributed by atoms with Crippen LogP contribution >= 0.6 is 0 Å². The summed E-state index contributed by atoms with van der Waals surface area (Å²) in [7, 11) is 0. The lowest BCUT2D eigenvalue weighted by atomic mass is 9.41. The minimum absolute atomic E-state index is 0.00229. The highest BCUT2D eigenvalue weighted by molar-refractivity contribution is 5.78. The fraction of sp³-hybridized carbons (Fsp3) is 0.667. The van der Waals surface area contributed by atoms with Crippen molar-refractivity contribution in [3.63, 3.8) is 0 Å². The molecule has 1 heterocycles. The number of nitrogens with zero attached hydrogens (tertiary/aromatic N) is 2. The average molecular weight is 381 g/mol. The Morgan fingerprint density at radius 3 is 2.43 bits per heavy atom. The fourth-order valence-corrected chi connectivity index (χ4v) is 7.19. The van der Waals surface area contributed by atoms with Crippen LogP contribution < -0.4 is 0 Å². The van der Waals surface area contributed by atoms with Crippen molar-refractivity contribution in [1.82, 2.24) is 4.90 Å². The third kappa shape index (κ3) is 2.78. The van der Waals surface area contributed by atoms with Gasteiger partial charge in [-0.15, -0.1) is 0 Å². The van der Waals surface area contributed by atoms with Gasteiger partial charge in [-0.05, 0) is 84.8 Å². The van der Waals surface area contributed by atoms with E-state index >= 15 is 0 Å². The molecular formula is C24H29FN2O. The lowest BCUT2D eigenvalue weighted by molar-refractivity contribution is -0.161. The van der Waals surface area contributed by atoms with Crippen LogP contribution in [-0.4, -0.2) is 23.9 Å². The topological polar surface area (TPSA) is 44.1 Å². The van der Waals surface area contributed by atoms with Crippen molar-refractivity contribution in [2.45, 2.75) is 45.4 Å². The van der Waals surface area contributed by atoms with E-state index in [1.54, 1.807) is 12.1 Å². The zero-order valence-electron chi connectivity index (χ0n) is 16.6. The average Bonchev–Trinajstić information content (AvgIpc) is 2.59.